The van der Waals surface area contributed by atoms with Gasteiger partial charge in [0.1, 0.15) is 0 Å². The Morgan fingerprint density at radius 3 is 2.45 bits per heavy atom. The van der Waals surface area contributed by atoms with Gasteiger partial charge in [0.25, 0.3) is 0 Å². The molecule has 2 N–H and O–H groups in total. The second-order valence-corrected chi connectivity index (χ2v) is 3.60. The van der Waals surface area contributed by atoms with E-state index in [0.717, 1.165) is 12.8 Å². The molecular weight excluding hydrogens is 138 g/mol. The van der Waals surface area contributed by atoms with Crippen LogP contribution in [-0.4, -0.2) is 11.3 Å². The summed E-state index contributed by atoms with van der Waals surface area (Å²) in [5.74, 6) is 0.118. The van der Waals surface area contributed by atoms with E-state index in [4.69, 9.17) is 5.73 Å². The lowest BCUT2D eigenvalue weighted by Crippen LogP contribution is -2.48. The minimum Gasteiger partial charge on any atom is -0.325 e. The normalized spacial score (nSPS) is 20.5. The van der Waals surface area contributed by atoms with Crippen molar-refractivity contribution in [3.8, 4) is 0 Å². The van der Waals surface area contributed by atoms with Crippen molar-refractivity contribution in [1.29, 1.82) is 0 Å². The molecular formula is C9H15NO. The molecule has 0 unspecified atom stereocenters. The number of carbonyl (C=O) groups is 1. The molecule has 0 amide bonds. The van der Waals surface area contributed by atoms with Crippen LogP contribution in [-0.2, 0) is 4.79 Å². The van der Waals surface area contributed by atoms with E-state index in [2.05, 4.69) is 6.58 Å². The maximum atomic E-state index is 11.2. The molecule has 0 heterocycles. The summed E-state index contributed by atoms with van der Waals surface area (Å²) in [6.07, 6.45) is 3.64. The van der Waals surface area contributed by atoms with Gasteiger partial charge in [0.15, 0.2) is 5.78 Å². The van der Waals surface area contributed by atoms with Crippen molar-refractivity contribution in [2.45, 2.75) is 38.1 Å². The molecule has 11 heavy (non-hydrogen) atoms. The van der Waals surface area contributed by atoms with Gasteiger partial charge < -0.3 is 5.73 Å². The van der Waals surface area contributed by atoms with Crippen LogP contribution in [0.25, 0.3) is 0 Å². The topological polar surface area (TPSA) is 43.1 Å². The van der Waals surface area contributed by atoms with E-state index < -0.39 is 0 Å². The molecule has 2 heteroatoms. The highest BCUT2D eigenvalue weighted by molar-refractivity contribution is 5.94. The summed E-state index contributed by atoms with van der Waals surface area (Å²) in [6.45, 7) is 5.33. The van der Waals surface area contributed by atoms with Crippen molar-refractivity contribution in [1.82, 2.24) is 0 Å². The predicted molar refractivity (Wildman–Crippen MR) is 45.2 cm³/mol. The van der Waals surface area contributed by atoms with Crippen molar-refractivity contribution in [3.63, 3.8) is 0 Å². The smallest absolute Gasteiger partial charge is 0.159 e. The summed E-state index contributed by atoms with van der Waals surface area (Å²) in [7, 11) is 0. The number of carbonyl (C=O) groups excluding carboxylic acids is 1. The summed E-state index contributed by atoms with van der Waals surface area (Å²) in [4.78, 5) is 11.2. The number of hydrogen-bond acceptors (Lipinski definition) is 2. The maximum Gasteiger partial charge on any atom is 0.159 e. The zero-order chi connectivity index (χ0) is 8.48. The van der Waals surface area contributed by atoms with Crippen molar-refractivity contribution in [2.75, 3.05) is 0 Å². The lowest BCUT2D eigenvalue weighted by molar-refractivity contribution is -0.117. The standard InChI is InChI=1S/C9H15NO/c1-7(2)8(11)6-9(10)4-3-5-9/h1,3-6,10H2,2H3. The first-order valence-electron chi connectivity index (χ1n) is 4.01. The van der Waals surface area contributed by atoms with Crippen LogP contribution in [0, 0.1) is 0 Å². The Labute approximate surface area is 67.5 Å². The molecule has 1 aliphatic rings. The van der Waals surface area contributed by atoms with Crippen molar-refractivity contribution >= 4 is 5.78 Å². The second-order valence-electron chi connectivity index (χ2n) is 3.60. The molecule has 0 aliphatic heterocycles. The SMILES string of the molecule is C=C(C)C(=O)CC1(N)CCC1. The fourth-order valence-corrected chi connectivity index (χ4v) is 1.28. The fraction of sp³-hybridized carbons (Fsp3) is 0.667. The second kappa shape index (κ2) is 2.78. The van der Waals surface area contributed by atoms with E-state index in [1.807, 2.05) is 0 Å². The fourth-order valence-electron chi connectivity index (χ4n) is 1.28. The van der Waals surface area contributed by atoms with Crippen LogP contribution in [0.1, 0.15) is 32.6 Å². The van der Waals surface area contributed by atoms with Gasteiger partial charge in [-0.25, -0.2) is 0 Å². The quantitative estimate of drug-likeness (QED) is 0.623. The molecule has 2 nitrogen and oxygen atoms in total. The highest BCUT2D eigenvalue weighted by Gasteiger charge is 2.34. The lowest BCUT2D eigenvalue weighted by atomic mass is 9.74. The van der Waals surface area contributed by atoms with Crippen LogP contribution >= 0.6 is 0 Å². The summed E-state index contributed by atoms with van der Waals surface area (Å²) in [5, 5.41) is 0. The summed E-state index contributed by atoms with van der Waals surface area (Å²) < 4.78 is 0. The monoisotopic (exact) mass is 153 g/mol. The molecule has 62 valence electrons. The van der Waals surface area contributed by atoms with Gasteiger partial charge >= 0.3 is 0 Å². The van der Waals surface area contributed by atoms with Crippen molar-refractivity contribution < 1.29 is 4.79 Å². The Kier molecular flexibility index (Phi) is 2.14. The van der Waals surface area contributed by atoms with Crippen LogP contribution in [0.3, 0.4) is 0 Å². The molecule has 0 aromatic heterocycles. The minimum atomic E-state index is -0.184. The van der Waals surface area contributed by atoms with E-state index in [-0.39, 0.29) is 11.3 Å². The van der Waals surface area contributed by atoms with Crippen LogP contribution in [0.4, 0.5) is 0 Å². The van der Waals surface area contributed by atoms with Gasteiger partial charge in [-0.2, -0.15) is 0 Å². The van der Waals surface area contributed by atoms with Crippen molar-refractivity contribution in [2.24, 2.45) is 5.73 Å². The Bertz CT molecular complexity index is 192. The van der Waals surface area contributed by atoms with Gasteiger partial charge in [-0.15, -0.1) is 0 Å². The molecule has 1 rings (SSSR count). The molecule has 0 spiro atoms. The average molecular weight is 153 g/mol. The highest BCUT2D eigenvalue weighted by Crippen LogP contribution is 2.32. The van der Waals surface area contributed by atoms with Crippen LogP contribution in [0.2, 0.25) is 0 Å². The molecule has 0 atom stereocenters. The largest absolute Gasteiger partial charge is 0.325 e. The summed E-state index contributed by atoms with van der Waals surface area (Å²) in [5.41, 5.74) is 6.32. The molecule has 1 fully saturated rings. The molecule has 0 saturated heterocycles. The highest BCUT2D eigenvalue weighted by atomic mass is 16.1. The van der Waals surface area contributed by atoms with Crippen LogP contribution in [0.15, 0.2) is 12.2 Å². The van der Waals surface area contributed by atoms with E-state index in [9.17, 15) is 4.79 Å². The Hall–Kier alpha value is -0.630. The number of allylic oxidation sites excluding steroid dienone is 1. The van der Waals surface area contributed by atoms with Gasteiger partial charge in [0.05, 0.1) is 0 Å². The Morgan fingerprint density at radius 2 is 2.18 bits per heavy atom. The Balaban J connectivity index is 2.41. The number of ketones is 1. The molecule has 0 aromatic rings. The lowest BCUT2D eigenvalue weighted by Gasteiger charge is -2.37. The van der Waals surface area contributed by atoms with E-state index >= 15 is 0 Å². The number of nitrogens with two attached hydrogens (primary N) is 1. The van der Waals surface area contributed by atoms with Gasteiger partial charge in [0, 0.05) is 12.0 Å². The first kappa shape index (κ1) is 8.47. The molecule has 1 aliphatic carbocycles. The number of hydrogen-bond donors (Lipinski definition) is 1. The molecule has 1 saturated carbocycles. The van der Waals surface area contributed by atoms with Gasteiger partial charge in [-0.1, -0.05) is 6.58 Å². The number of rotatable bonds is 3. The van der Waals surface area contributed by atoms with Crippen LogP contribution < -0.4 is 5.73 Å². The summed E-state index contributed by atoms with van der Waals surface area (Å²) >= 11 is 0. The molecule has 0 aromatic carbocycles. The third-order valence-electron chi connectivity index (χ3n) is 2.34. The first-order chi connectivity index (χ1) is 5.03. The molecule has 0 radical (unpaired) electrons. The Morgan fingerprint density at radius 1 is 1.64 bits per heavy atom. The predicted octanol–water partition coefficient (Wildman–Crippen LogP) is 1.40. The zero-order valence-corrected chi connectivity index (χ0v) is 7.02. The minimum absolute atomic E-state index is 0.118. The van der Waals surface area contributed by atoms with E-state index in [0.29, 0.717) is 12.0 Å². The van der Waals surface area contributed by atoms with Gasteiger partial charge in [-0.3, -0.25) is 4.79 Å². The first-order valence-corrected chi connectivity index (χ1v) is 4.01. The average Bonchev–Trinajstić information content (AvgIpc) is 1.84. The third-order valence-corrected chi connectivity index (χ3v) is 2.34. The van der Waals surface area contributed by atoms with E-state index in [1.54, 1.807) is 6.92 Å². The van der Waals surface area contributed by atoms with Gasteiger partial charge in [-0.05, 0) is 31.8 Å². The summed E-state index contributed by atoms with van der Waals surface area (Å²) in [6, 6.07) is 0. The van der Waals surface area contributed by atoms with E-state index in [1.165, 1.54) is 6.42 Å². The maximum absolute atomic E-state index is 11.2. The van der Waals surface area contributed by atoms with Gasteiger partial charge in [0.2, 0.25) is 0 Å². The van der Waals surface area contributed by atoms with Crippen LogP contribution in [0.5, 0.6) is 0 Å². The van der Waals surface area contributed by atoms with Crippen molar-refractivity contribution in [3.05, 3.63) is 12.2 Å². The molecule has 0 bridgehead atoms. The number of Topliss-reactive ketones (excluding diaryl/α,β-unsaturated/α-hetero) is 1. The third kappa shape index (κ3) is 1.90. The zero-order valence-electron chi connectivity index (χ0n) is 7.02.